The van der Waals surface area contributed by atoms with Crippen LogP contribution in [0.5, 0.6) is 0 Å². The van der Waals surface area contributed by atoms with Crippen molar-refractivity contribution in [2.45, 2.75) is 82.1 Å². The highest BCUT2D eigenvalue weighted by atomic mass is 16.3. The smallest absolute Gasteiger partial charge is 0.158 e. The van der Waals surface area contributed by atoms with Crippen molar-refractivity contribution in [1.29, 1.82) is 0 Å². The molecule has 4 heteroatoms. The van der Waals surface area contributed by atoms with Crippen molar-refractivity contribution in [2.24, 2.45) is 10.9 Å². The zero-order chi connectivity index (χ0) is 26.6. The van der Waals surface area contributed by atoms with Crippen LogP contribution >= 0.6 is 0 Å². The van der Waals surface area contributed by atoms with Crippen LogP contribution in [-0.4, -0.2) is 25.6 Å². The lowest BCUT2D eigenvalue weighted by molar-refractivity contribution is 0.559. The summed E-state index contributed by atoms with van der Waals surface area (Å²) in [5.74, 6) is 1.55. The van der Waals surface area contributed by atoms with Crippen molar-refractivity contribution in [2.75, 3.05) is 25.5 Å². The van der Waals surface area contributed by atoms with Gasteiger partial charge < -0.3 is 9.32 Å². The fraction of sp³-hybridized carbons (Fsp3) is 0.500. The van der Waals surface area contributed by atoms with Gasteiger partial charge >= 0.3 is 0 Å². The molecule has 0 bridgehead atoms. The Bertz CT molecular complexity index is 1540. The van der Waals surface area contributed by atoms with Gasteiger partial charge in [-0.3, -0.25) is 4.99 Å². The van der Waals surface area contributed by atoms with Crippen LogP contribution in [0.4, 0.5) is 5.69 Å². The molecular weight excluding hydrogens is 442 g/mol. The van der Waals surface area contributed by atoms with Crippen molar-refractivity contribution in [1.82, 2.24) is 4.98 Å². The Morgan fingerprint density at radius 3 is 1.94 bits per heavy atom. The minimum Gasteiger partial charge on any atom is -0.452 e. The van der Waals surface area contributed by atoms with Crippen LogP contribution in [0.25, 0.3) is 33.3 Å². The molecule has 1 heterocycles. The monoisotopic (exact) mass is 485 g/mol. The molecule has 2 aromatic carbocycles. The average Bonchev–Trinajstić information content (AvgIpc) is 2.82. The molecule has 2 aliphatic rings. The second-order valence-electron chi connectivity index (χ2n) is 11.3. The van der Waals surface area contributed by atoms with E-state index in [1.165, 1.54) is 56.3 Å². The van der Waals surface area contributed by atoms with Crippen LogP contribution in [0.15, 0.2) is 9.41 Å². The fourth-order valence-corrected chi connectivity index (χ4v) is 5.85. The van der Waals surface area contributed by atoms with Crippen LogP contribution in [0.2, 0.25) is 0 Å². The van der Waals surface area contributed by atoms with E-state index in [0.29, 0.717) is 5.92 Å². The van der Waals surface area contributed by atoms with Crippen molar-refractivity contribution in [3.8, 4) is 11.5 Å². The first kappa shape index (κ1) is 26.2. The van der Waals surface area contributed by atoms with Crippen molar-refractivity contribution >= 4 is 27.6 Å². The number of benzene rings is 3. The number of aromatic nitrogens is 1. The molecule has 192 valence electrons. The highest BCUT2D eigenvalue weighted by molar-refractivity contribution is 6.03. The van der Waals surface area contributed by atoms with Gasteiger partial charge in [-0.15, -0.1) is 0 Å². The molecule has 1 aliphatic heterocycles. The molecule has 0 unspecified atom stereocenters. The summed E-state index contributed by atoms with van der Waals surface area (Å²) < 4.78 is 6.84. The van der Waals surface area contributed by atoms with Gasteiger partial charge in [0, 0.05) is 48.2 Å². The Balaban J connectivity index is 2.23. The Labute approximate surface area is 216 Å². The number of anilines is 1. The summed E-state index contributed by atoms with van der Waals surface area (Å²) in [6.07, 6.45) is 2.28. The summed E-state index contributed by atoms with van der Waals surface area (Å²) in [6, 6.07) is 0. The first-order valence-electron chi connectivity index (χ1n) is 13.3. The molecule has 0 spiro atoms. The third kappa shape index (κ3) is 3.99. The normalized spacial score (nSPS) is 12.6. The molecule has 0 atom stereocenters. The lowest BCUT2D eigenvalue weighted by atomic mass is 9.87. The number of hydrogen-bond acceptors (Lipinski definition) is 4. The minimum absolute atomic E-state index is 0.689. The van der Waals surface area contributed by atoms with Crippen LogP contribution in [0.3, 0.4) is 0 Å². The molecule has 4 nitrogen and oxygen atoms in total. The van der Waals surface area contributed by atoms with E-state index < -0.39 is 0 Å². The SMILES string of the molecule is Cc1c(N(C)C)c(C)c2oc3c(C)c(=NCCCC(C)C)c4c(C)c(C)c(C)c(C)c4c-3nc2c1C. The lowest BCUT2D eigenvalue weighted by Gasteiger charge is -2.24. The second-order valence-corrected chi connectivity index (χ2v) is 11.3. The van der Waals surface area contributed by atoms with E-state index in [9.17, 15) is 0 Å². The van der Waals surface area contributed by atoms with Gasteiger partial charge in [-0.2, -0.15) is 0 Å². The van der Waals surface area contributed by atoms with Crippen molar-refractivity contribution in [3.05, 3.63) is 49.9 Å². The maximum atomic E-state index is 6.84. The maximum Gasteiger partial charge on any atom is 0.158 e. The van der Waals surface area contributed by atoms with E-state index in [1.54, 1.807) is 0 Å². The van der Waals surface area contributed by atoms with Crippen LogP contribution < -0.4 is 10.3 Å². The highest BCUT2D eigenvalue weighted by Crippen LogP contribution is 2.41. The first-order valence-corrected chi connectivity index (χ1v) is 13.3. The minimum atomic E-state index is 0.689. The Hall–Kier alpha value is -2.88. The van der Waals surface area contributed by atoms with E-state index in [2.05, 4.69) is 88.2 Å². The molecule has 36 heavy (non-hydrogen) atoms. The van der Waals surface area contributed by atoms with Crippen LogP contribution in [0.1, 0.15) is 71.2 Å². The lowest BCUT2D eigenvalue weighted by Crippen LogP contribution is -2.17. The molecule has 0 aromatic heterocycles. The quantitative estimate of drug-likeness (QED) is 0.164. The molecule has 0 N–H and O–H groups in total. The average molecular weight is 486 g/mol. The number of nitrogens with zero attached hydrogens (tertiary/aromatic N) is 3. The summed E-state index contributed by atoms with van der Waals surface area (Å²) in [7, 11) is 4.19. The van der Waals surface area contributed by atoms with Gasteiger partial charge in [0.2, 0.25) is 0 Å². The third-order valence-electron chi connectivity index (χ3n) is 8.34. The Morgan fingerprint density at radius 2 is 1.36 bits per heavy atom. The number of hydrogen-bond donors (Lipinski definition) is 0. The van der Waals surface area contributed by atoms with E-state index in [4.69, 9.17) is 14.4 Å². The molecule has 4 rings (SSSR count). The summed E-state index contributed by atoms with van der Waals surface area (Å²) in [5, 5.41) is 3.50. The number of fused-ring (bicyclic) bond motifs is 4. The zero-order valence-electron chi connectivity index (χ0n) is 24.4. The van der Waals surface area contributed by atoms with Gasteiger partial charge in [-0.05, 0) is 108 Å². The van der Waals surface area contributed by atoms with Gasteiger partial charge in [0.25, 0.3) is 0 Å². The summed E-state index contributed by atoms with van der Waals surface area (Å²) in [4.78, 5) is 12.8. The molecule has 0 radical (unpaired) electrons. The molecule has 0 fully saturated rings. The van der Waals surface area contributed by atoms with Crippen LogP contribution in [0, 0.1) is 61.3 Å². The predicted octanol–water partition coefficient (Wildman–Crippen LogP) is 7.96. The summed E-state index contributed by atoms with van der Waals surface area (Å²) in [5.41, 5.74) is 13.9. The highest BCUT2D eigenvalue weighted by Gasteiger charge is 2.26. The van der Waals surface area contributed by atoms with E-state index in [0.717, 1.165) is 52.0 Å². The van der Waals surface area contributed by atoms with Gasteiger partial charge in [-0.25, -0.2) is 4.98 Å². The second kappa shape index (κ2) is 9.53. The van der Waals surface area contributed by atoms with Crippen molar-refractivity contribution in [3.63, 3.8) is 0 Å². The van der Waals surface area contributed by atoms with Gasteiger partial charge in [0.1, 0.15) is 11.2 Å². The first-order chi connectivity index (χ1) is 16.9. The standard InChI is InChI=1S/C32H43N3O/c1-16(2)14-13-15-33-27-23(9)31-29(26-20(6)18(4)17(3)19(5)25(26)27)34-28-21(7)22(8)30(35(11)12)24(10)32(28)36-31/h16H,13-15H2,1-12H3. The largest absolute Gasteiger partial charge is 0.452 e. The van der Waals surface area contributed by atoms with Gasteiger partial charge in [0.05, 0.1) is 5.36 Å². The predicted molar refractivity (Wildman–Crippen MR) is 155 cm³/mol. The van der Waals surface area contributed by atoms with Crippen LogP contribution in [-0.2, 0) is 0 Å². The molecule has 0 saturated carbocycles. The van der Waals surface area contributed by atoms with Crippen molar-refractivity contribution < 1.29 is 4.42 Å². The summed E-state index contributed by atoms with van der Waals surface area (Å²) >= 11 is 0. The fourth-order valence-electron chi connectivity index (χ4n) is 5.85. The van der Waals surface area contributed by atoms with Gasteiger partial charge in [-0.1, -0.05) is 13.8 Å². The summed E-state index contributed by atoms with van der Waals surface area (Å²) in [6.45, 7) is 23.0. The Morgan fingerprint density at radius 1 is 0.750 bits per heavy atom. The van der Waals surface area contributed by atoms with E-state index >= 15 is 0 Å². The Kier molecular flexibility index (Phi) is 6.94. The maximum absolute atomic E-state index is 6.84. The van der Waals surface area contributed by atoms with E-state index in [-0.39, 0.29) is 0 Å². The number of rotatable bonds is 5. The molecule has 0 amide bonds. The zero-order valence-corrected chi connectivity index (χ0v) is 24.4. The topological polar surface area (TPSA) is 41.6 Å². The van der Waals surface area contributed by atoms with E-state index in [1.807, 2.05) is 0 Å². The number of aryl methyl sites for hydroxylation is 4. The molecular formula is C32H43N3O. The molecule has 1 aliphatic carbocycles. The molecule has 2 aromatic rings. The third-order valence-corrected chi connectivity index (χ3v) is 8.34. The molecule has 0 saturated heterocycles. The van der Waals surface area contributed by atoms with Gasteiger partial charge in [0.15, 0.2) is 11.3 Å².